The van der Waals surface area contributed by atoms with E-state index >= 15 is 0 Å². The highest BCUT2D eigenvalue weighted by molar-refractivity contribution is 9.10. The van der Waals surface area contributed by atoms with E-state index in [9.17, 15) is 13.2 Å². The fourth-order valence-electron chi connectivity index (χ4n) is 1.50. The van der Waals surface area contributed by atoms with Gasteiger partial charge in [0.2, 0.25) is 0 Å². The van der Waals surface area contributed by atoms with Crippen molar-refractivity contribution in [2.75, 3.05) is 6.61 Å². The number of benzene rings is 1. The summed E-state index contributed by atoms with van der Waals surface area (Å²) in [5.41, 5.74) is 0.581. The fraction of sp³-hybridized carbons (Fsp3) is 0.500. The summed E-state index contributed by atoms with van der Waals surface area (Å²) in [6, 6.07) is 5.16. The Bertz CT molecular complexity index is 395. The van der Waals surface area contributed by atoms with Gasteiger partial charge in [-0.1, -0.05) is 15.9 Å². The topological polar surface area (TPSA) is 9.23 Å². The minimum Gasteiger partial charge on any atom is -0.494 e. The van der Waals surface area contributed by atoms with Gasteiger partial charge in [-0.05, 0) is 31.5 Å². The van der Waals surface area contributed by atoms with Gasteiger partial charge >= 0.3 is 6.18 Å². The lowest BCUT2D eigenvalue weighted by Gasteiger charge is -2.16. The van der Waals surface area contributed by atoms with Gasteiger partial charge in [0.1, 0.15) is 5.75 Å². The first-order valence-corrected chi connectivity index (χ1v) is 6.69. The second-order valence-corrected chi connectivity index (χ2v) is 5.18. The van der Waals surface area contributed by atoms with Crippen LogP contribution >= 0.6 is 27.5 Å². The maximum atomic E-state index is 12.2. The molecule has 0 saturated carbocycles. The lowest BCUT2D eigenvalue weighted by atomic mass is 10.1. The first-order valence-electron chi connectivity index (χ1n) is 5.46. The maximum Gasteiger partial charge on any atom is 0.389 e. The van der Waals surface area contributed by atoms with Gasteiger partial charge in [-0.25, -0.2) is 0 Å². The molecule has 0 amide bonds. The summed E-state index contributed by atoms with van der Waals surface area (Å²) in [4.78, 5) is 0. The van der Waals surface area contributed by atoms with Crippen molar-refractivity contribution < 1.29 is 17.9 Å². The molecule has 0 aliphatic heterocycles. The van der Waals surface area contributed by atoms with Crippen molar-refractivity contribution >= 4 is 27.5 Å². The van der Waals surface area contributed by atoms with E-state index in [1.807, 2.05) is 6.92 Å². The second-order valence-electron chi connectivity index (χ2n) is 3.74. The molecule has 0 heterocycles. The zero-order chi connectivity index (χ0) is 13.8. The fourth-order valence-corrected chi connectivity index (χ4v) is 2.16. The van der Waals surface area contributed by atoms with E-state index < -0.39 is 18.0 Å². The van der Waals surface area contributed by atoms with E-state index in [0.717, 1.165) is 4.47 Å². The first-order chi connectivity index (χ1) is 8.33. The Morgan fingerprint density at radius 1 is 1.39 bits per heavy atom. The summed E-state index contributed by atoms with van der Waals surface area (Å²) in [5, 5.41) is -0.717. The highest BCUT2D eigenvalue weighted by Gasteiger charge is 2.29. The summed E-state index contributed by atoms with van der Waals surface area (Å²) in [7, 11) is 0. The Hall–Kier alpha value is -0.420. The molecule has 0 radical (unpaired) electrons. The predicted molar refractivity (Wildman–Crippen MR) is 69.2 cm³/mol. The van der Waals surface area contributed by atoms with E-state index in [2.05, 4.69) is 15.9 Å². The molecule has 1 aromatic rings. The van der Waals surface area contributed by atoms with Crippen LogP contribution in [0.15, 0.2) is 22.7 Å². The van der Waals surface area contributed by atoms with Crippen LogP contribution in [0.25, 0.3) is 0 Å². The van der Waals surface area contributed by atoms with Gasteiger partial charge in [0.25, 0.3) is 0 Å². The predicted octanol–water partition coefficient (Wildman–Crippen LogP) is 5.47. The first kappa shape index (κ1) is 15.6. The lowest BCUT2D eigenvalue weighted by molar-refractivity contribution is -0.135. The number of ether oxygens (including phenoxy) is 1. The smallest absolute Gasteiger partial charge is 0.389 e. The zero-order valence-corrected chi connectivity index (χ0v) is 12.1. The zero-order valence-electron chi connectivity index (χ0n) is 9.73. The quantitative estimate of drug-likeness (QED) is 0.643. The third-order valence-electron chi connectivity index (χ3n) is 2.29. The van der Waals surface area contributed by atoms with Crippen molar-refractivity contribution in [3.05, 3.63) is 28.2 Å². The van der Waals surface area contributed by atoms with Gasteiger partial charge in [-0.15, -0.1) is 11.6 Å². The molecule has 0 bridgehead atoms. The van der Waals surface area contributed by atoms with Gasteiger partial charge in [0.05, 0.1) is 12.0 Å². The number of alkyl halides is 4. The van der Waals surface area contributed by atoms with E-state index in [4.69, 9.17) is 16.3 Å². The molecule has 102 valence electrons. The van der Waals surface area contributed by atoms with Crippen molar-refractivity contribution in [1.82, 2.24) is 0 Å². The third-order valence-corrected chi connectivity index (χ3v) is 3.24. The number of rotatable bonds is 5. The molecule has 0 aliphatic rings. The van der Waals surface area contributed by atoms with E-state index in [-0.39, 0.29) is 6.42 Å². The average Bonchev–Trinajstić information content (AvgIpc) is 2.27. The summed E-state index contributed by atoms with van der Waals surface area (Å²) < 4.78 is 42.6. The molecule has 18 heavy (non-hydrogen) atoms. The van der Waals surface area contributed by atoms with Crippen molar-refractivity contribution in [2.24, 2.45) is 0 Å². The van der Waals surface area contributed by atoms with Gasteiger partial charge in [0.15, 0.2) is 0 Å². The SMILES string of the molecule is CCOc1ccc(Br)cc1C(Cl)CCC(F)(F)F. The molecule has 1 unspecified atom stereocenters. The summed E-state index contributed by atoms with van der Waals surface area (Å²) in [5.74, 6) is 0.530. The third kappa shape index (κ3) is 5.06. The van der Waals surface area contributed by atoms with Gasteiger partial charge < -0.3 is 4.74 Å². The molecule has 0 saturated heterocycles. The molecule has 6 heteroatoms. The van der Waals surface area contributed by atoms with Gasteiger partial charge in [-0.3, -0.25) is 0 Å². The van der Waals surface area contributed by atoms with Crippen molar-refractivity contribution in [3.63, 3.8) is 0 Å². The Morgan fingerprint density at radius 3 is 2.61 bits per heavy atom. The summed E-state index contributed by atoms with van der Waals surface area (Å²) in [6.07, 6.45) is -5.26. The molecule has 0 aliphatic carbocycles. The standard InChI is InChI=1S/C12H13BrClF3O/c1-2-18-11-4-3-8(13)7-9(11)10(14)5-6-12(15,16)17/h3-4,7,10H,2,5-6H2,1H3. The molecule has 0 spiro atoms. The van der Waals surface area contributed by atoms with Crippen LogP contribution in [0.5, 0.6) is 5.75 Å². The lowest BCUT2D eigenvalue weighted by Crippen LogP contribution is -2.09. The molecule has 1 aromatic carbocycles. The normalized spacial score (nSPS) is 13.4. The molecule has 1 rings (SSSR count). The molecular weight excluding hydrogens is 332 g/mol. The molecule has 0 fully saturated rings. The second kappa shape index (κ2) is 6.66. The minimum atomic E-state index is -4.19. The van der Waals surface area contributed by atoms with Crippen LogP contribution in [0, 0.1) is 0 Å². The van der Waals surface area contributed by atoms with Crippen LogP contribution in [-0.4, -0.2) is 12.8 Å². The van der Waals surface area contributed by atoms with Crippen molar-refractivity contribution in [3.8, 4) is 5.75 Å². The monoisotopic (exact) mass is 344 g/mol. The Kier molecular flexibility index (Phi) is 5.79. The highest BCUT2D eigenvalue weighted by Crippen LogP contribution is 2.37. The minimum absolute atomic E-state index is 0.165. The number of halogens is 5. The van der Waals surface area contributed by atoms with Gasteiger partial charge in [0, 0.05) is 16.5 Å². The Morgan fingerprint density at radius 2 is 2.06 bits per heavy atom. The van der Waals surface area contributed by atoms with Crippen molar-refractivity contribution in [1.29, 1.82) is 0 Å². The van der Waals surface area contributed by atoms with Crippen LogP contribution in [-0.2, 0) is 0 Å². The molecule has 1 atom stereocenters. The van der Waals surface area contributed by atoms with Crippen LogP contribution in [0.1, 0.15) is 30.7 Å². The molecule has 0 N–H and O–H groups in total. The van der Waals surface area contributed by atoms with E-state index in [1.54, 1.807) is 18.2 Å². The number of hydrogen-bond donors (Lipinski definition) is 0. The average molecular weight is 346 g/mol. The highest BCUT2D eigenvalue weighted by atomic mass is 79.9. The van der Waals surface area contributed by atoms with Gasteiger partial charge in [-0.2, -0.15) is 13.2 Å². The largest absolute Gasteiger partial charge is 0.494 e. The summed E-state index contributed by atoms with van der Waals surface area (Å²) >= 11 is 9.29. The van der Waals surface area contributed by atoms with E-state index in [0.29, 0.717) is 17.9 Å². The molecule has 1 nitrogen and oxygen atoms in total. The molecular formula is C12H13BrClF3O. The van der Waals surface area contributed by atoms with Crippen LogP contribution in [0.2, 0.25) is 0 Å². The Balaban J connectivity index is 2.82. The van der Waals surface area contributed by atoms with Crippen LogP contribution in [0.3, 0.4) is 0 Å². The van der Waals surface area contributed by atoms with Crippen LogP contribution < -0.4 is 4.74 Å². The number of hydrogen-bond acceptors (Lipinski definition) is 1. The molecule has 0 aromatic heterocycles. The maximum absolute atomic E-state index is 12.2. The summed E-state index contributed by atoms with van der Waals surface area (Å²) in [6.45, 7) is 2.25. The Labute approximate surface area is 117 Å². The van der Waals surface area contributed by atoms with Crippen molar-refractivity contribution in [2.45, 2.75) is 31.3 Å². The van der Waals surface area contributed by atoms with Crippen LogP contribution in [0.4, 0.5) is 13.2 Å². The van der Waals surface area contributed by atoms with E-state index in [1.165, 1.54) is 0 Å².